The maximum Gasteiger partial charge on any atom is 0.0294 e. The molecule has 0 aromatic heterocycles. The van der Waals surface area contributed by atoms with Crippen LogP contribution >= 0.6 is 0 Å². The number of rotatable bonds is 3. The van der Waals surface area contributed by atoms with E-state index in [1.165, 1.54) is 5.56 Å². The second-order valence-electron chi connectivity index (χ2n) is 4.42. The Kier molecular flexibility index (Phi) is 4.13. The number of benzene rings is 1. The smallest absolute Gasteiger partial charge is 0.0294 e. The summed E-state index contributed by atoms with van der Waals surface area (Å²) in [7, 11) is -0.560. The van der Waals surface area contributed by atoms with Crippen LogP contribution < -0.4 is 5.32 Å². The monoisotopic (exact) mass is 237 g/mol. The predicted octanol–water partition coefficient (Wildman–Crippen LogP) is 2.25. The highest BCUT2D eigenvalue weighted by Crippen LogP contribution is 2.16. The summed E-state index contributed by atoms with van der Waals surface area (Å²) in [6.07, 6.45) is 2.09. The van der Waals surface area contributed by atoms with Crippen molar-refractivity contribution in [2.24, 2.45) is 0 Å². The van der Waals surface area contributed by atoms with Crippen molar-refractivity contribution in [1.29, 1.82) is 0 Å². The minimum Gasteiger partial charge on any atom is -0.307 e. The molecule has 0 amide bonds. The molecule has 3 heteroatoms. The van der Waals surface area contributed by atoms with Crippen LogP contribution in [0.2, 0.25) is 0 Å². The standard InChI is InChI=1S/C13H19NOS/c1-11(12-5-3-2-4-6-12)14-13-7-9-16(15)10-8-13/h2-6,11,13-14H,7-10H2,1H3. The van der Waals surface area contributed by atoms with Crippen LogP contribution in [0, 0.1) is 0 Å². The summed E-state index contributed by atoms with van der Waals surface area (Å²) in [6.45, 7) is 2.20. The lowest BCUT2D eigenvalue weighted by atomic mass is 10.1. The Morgan fingerprint density at radius 2 is 1.88 bits per heavy atom. The summed E-state index contributed by atoms with van der Waals surface area (Å²) in [6, 6.07) is 11.4. The first-order chi connectivity index (χ1) is 7.75. The maximum absolute atomic E-state index is 11.2. The molecule has 2 nitrogen and oxygen atoms in total. The van der Waals surface area contributed by atoms with Crippen LogP contribution in [0.3, 0.4) is 0 Å². The summed E-state index contributed by atoms with van der Waals surface area (Å²) in [5.41, 5.74) is 1.33. The van der Waals surface area contributed by atoms with E-state index < -0.39 is 10.8 Å². The number of hydrogen-bond donors (Lipinski definition) is 1. The first-order valence-electron chi connectivity index (χ1n) is 5.91. The average Bonchev–Trinajstić information content (AvgIpc) is 2.33. The Labute approximate surface area is 99.9 Å². The second-order valence-corrected chi connectivity index (χ2v) is 6.12. The van der Waals surface area contributed by atoms with E-state index in [1.54, 1.807) is 0 Å². The maximum atomic E-state index is 11.2. The molecule has 2 rings (SSSR count). The largest absolute Gasteiger partial charge is 0.307 e. The molecule has 1 aromatic carbocycles. The van der Waals surface area contributed by atoms with E-state index in [1.807, 2.05) is 6.07 Å². The van der Waals surface area contributed by atoms with Gasteiger partial charge in [-0.2, -0.15) is 0 Å². The molecule has 1 saturated heterocycles. The fourth-order valence-electron chi connectivity index (χ4n) is 2.15. The molecule has 1 atom stereocenters. The van der Waals surface area contributed by atoms with E-state index >= 15 is 0 Å². The lowest BCUT2D eigenvalue weighted by Crippen LogP contribution is -2.37. The van der Waals surface area contributed by atoms with Gasteiger partial charge in [0.2, 0.25) is 0 Å². The third-order valence-corrected chi connectivity index (χ3v) is 4.56. The Morgan fingerprint density at radius 1 is 1.25 bits per heavy atom. The zero-order valence-corrected chi connectivity index (χ0v) is 10.5. The van der Waals surface area contributed by atoms with Crippen molar-refractivity contribution in [3.05, 3.63) is 35.9 Å². The highest BCUT2D eigenvalue weighted by molar-refractivity contribution is 7.85. The third kappa shape index (κ3) is 3.16. The van der Waals surface area contributed by atoms with Crippen LogP contribution in [0.5, 0.6) is 0 Å². The lowest BCUT2D eigenvalue weighted by molar-refractivity contribution is 0.427. The summed E-state index contributed by atoms with van der Waals surface area (Å²) < 4.78 is 11.2. The van der Waals surface area contributed by atoms with Crippen molar-refractivity contribution in [3.63, 3.8) is 0 Å². The molecular weight excluding hydrogens is 218 g/mol. The molecule has 1 aromatic rings. The third-order valence-electron chi connectivity index (χ3n) is 3.17. The van der Waals surface area contributed by atoms with Gasteiger partial charge < -0.3 is 5.32 Å². The van der Waals surface area contributed by atoms with Gasteiger partial charge >= 0.3 is 0 Å². The van der Waals surface area contributed by atoms with Gasteiger partial charge in [0.05, 0.1) is 0 Å². The van der Waals surface area contributed by atoms with Crippen molar-refractivity contribution >= 4 is 10.8 Å². The molecule has 0 radical (unpaired) electrons. The Hall–Kier alpha value is -0.670. The highest BCUT2D eigenvalue weighted by atomic mass is 32.2. The van der Waals surface area contributed by atoms with E-state index in [9.17, 15) is 4.21 Å². The van der Waals surface area contributed by atoms with Crippen molar-refractivity contribution in [2.45, 2.75) is 31.8 Å². The van der Waals surface area contributed by atoms with Gasteiger partial charge in [0.25, 0.3) is 0 Å². The van der Waals surface area contributed by atoms with E-state index in [2.05, 4.69) is 36.5 Å². The molecule has 0 bridgehead atoms. The summed E-state index contributed by atoms with van der Waals surface area (Å²) in [4.78, 5) is 0. The van der Waals surface area contributed by atoms with Crippen LogP contribution in [-0.2, 0) is 10.8 Å². The molecular formula is C13H19NOS. The quantitative estimate of drug-likeness (QED) is 0.873. The molecule has 16 heavy (non-hydrogen) atoms. The Bertz CT molecular complexity index is 342. The zero-order chi connectivity index (χ0) is 11.4. The van der Waals surface area contributed by atoms with Gasteiger partial charge in [-0.15, -0.1) is 0 Å². The second kappa shape index (κ2) is 5.60. The van der Waals surface area contributed by atoms with Gasteiger partial charge in [-0.3, -0.25) is 4.21 Å². The fraction of sp³-hybridized carbons (Fsp3) is 0.538. The molecule has 1 N–H and O–H groups in total. The minimum atomic E-state index is -0.560. The van der Waals surface area contributed by atoms with Crippen molar-refractivity contribution in [2.75, 3.05) is 11.5 Å². The van der Waals surface area contributed by atoms with Gasteiger partial charge in [-0.1, -0.05) is 30.3 Å². The van der Waals surface area contributed by atoms with Crippen molar-refractivity contribution in [1.82, 2.24) is 5.32 Å². The molecule has 1 fully saturated rings. The minimum absolute atomic E-state index is 0.387. The normalized spacial score (nSPS) is 27.6. The van der Waals surface area contributed by atoms with Gasteiger partial charge in [0.15, 0.2) is 0 Å². The first kappa shape index (κ1) is 11.8. The van der Waals surface area contributed by atoms with Crippen molar-refractivity contribution < 1.29 is 4.21 Å². The van der Waals surface area contributed by atoms with Gasteiger partial charge in [-0.05, 0) is 25.3 Å². The van der Waals surface area contributed by atoms with Crippen LogP contribution in [-0.4, -0.2) is 21.8 Å². The number of nitrogens with one attached hydrogen (secondary N) is 1. The molecule has 1 aliphatic rings. The van der Waals surface area contributed by atoms with E-state index in [0.717, 1.165) is 24.3 Å². The zero-order valence-electron chi connectivity index (χ0n) is 9.69. The van der Waals surface area contributed by atoms with Gasteiger partial charge in [0, 0.05) is 34.4 Å². The lowest BCUT2D eigenvalue weighted by Gasteiger charge is -2.26. The van der Waals surface area contributed by atoms with Gasteiger partial charge in [0.1, 0.15) is 0 Å². The molecule has 1 heterocycles. The highest BCUT2D eigenvalue weighted by Gasteiger charge is 2.19. The molecule has 1 aliphatic heterocycles. The topological polar surface area (TPSA) is 29.1 Å². The van der Waals surface area contributed by atoms with E-state index in [0.29, 0.717) is 12.1 Å². The summed E-state index contributed by atoms with van der Waals surface area (Å²) in [5.74, 6) is 1.72. The first-order valence-corrected chi connectivity index (χ1v) is 7.40. The van der Waals surface area contributed by atoms with Crippen molar-refractivity contribution in [3.8, 4) is 0 Å². The van der Waals surface area contributed by atoms with E-state index in [4.69, 9.17) is 0 Å². The molecule has 0 aliphatic carbocycles. The summed E-state index contributed by atoms with van der Waals surface area (Å²) in [5, 5.41) is 3.62. The van der Waals surface area contributed by atoms with Crippen LogP contribution in [0.25, 0.3) is 0 Å². The fourth-order valence-corrected chi connectivity index (χ4v) is 3.45. The molecule has 0 spiro atoms. The van der Waals surface area contributed by atoms with Crippen LogP contribution in [0.4, 0.5) is 0 Å². The predicted molar refractivity (Wildman–Crippen MR) is 68.9 cm³/mol. The average molecular weight is 237 g/mol. The molecule has 1 unspecified atom stereocenters. The van der Waals surface area contributed by atoms with E-state index in [-0.39, 0.29) is 0 Å². The molecule has 88 valence electrons. The molecule has 0 saturated carbocycles. The Balaban J connectivity index is 1.88. The summed E-state index contributed by atoms with van der Waals surface area (Å²) >= 11 is 0. The SMILES string of the molecule is CC(NC1CCS(=O)CC1)c1ccccc1. The van der Waals surface area contributed by atoms with Crippen LogP contribution in [0.1, 0.15) is 31.4 Å². The van der Waals surface area contributed by atoms with Gasteiger partial charge in [-0.25, -0.2) is 0 Å². The number of hydrogen-bond acceptors (Lipinski definition) is 2. The van der Waals surface area contributed by atoms with Crippen LogP contribution in [0.15, 0.2) is 30.3 Å². The Morgan fingerprint density at radius 3 is 2.50 bits per heavy atom.